The van der Waals surface area contributed by atoms with E-state index in [4.69, 9.17) is 9.15 Å². The van der Waals surface area contributed by atoms with Gasteiger partial charge in [0.05, 0.1) is 18.4 Å². The molecule has 1 aliphatic heterocycles. The third-order valence-corrected chi connectivity index (χ3v) is 6.03. The number of aryl methyl sites for hydroxylation is 1. The average Bonchev–Trinajstić information content (AvgIpc) is 3.55. The topological polar surface area (TPSA) is 110 Å². The number of rotatable bonds is 6. The lowest BCUT2D eigenvalue weighted by Crippen LogP contribution is -2.49. The van der Waals surface area contributed by atoms with Crippen LogP contribution in [0.3, 0.4) is 0 Å². The molecule has 3 aromatic rings. The first-order chi connectivity index (χ1) is 16.5. The molecule has 3 heterocycles. The van der Waals surface area contributed by atoms with Gasteiger partial charge in [-0.1, -0.05) is 0 Å². The number of benzene rings is 1. The maximum Gasteiger partial charge on any atom is 0.291 e. The number of hydrogen-bond acceptors (Lipinski definition) is 7. The molecule has 34 heavy (non-hydrogen) atoms. The monoisotopic (exact) mass is 465 g/mol. The minimum absolute atomic E-state index is 0.0149. The summed E-state index contributed by atoms with van der Waals surface area (Å²) in [4.78, 5) is 38.0. The van der Waals surface area contributed by atoms with Crippen LogP contribution >= 0.6 is 0 Å². The number of ether oxygens (including phenoxy) is 1. The van der Waals surface area contributed by atoms with E-state index in [0.717, 1.165) is 24.0 Å². The summed E-state index contributed by atoms with van der Waals surface area (Å²) >= 11 is 0. The Balaban J connectivity index is 1.23. The maximum atomic E-state index is 14.9. The molecule has 1 saturated carbocycles. The number of anilines is 1. The molecular weight excluding hydrogens is 441 g/mol. The molecule has 2 atom stereocenters. The Morgan fingerprint density at radius 1 is 1.21 bits per heavy atom. The summed E-state index contributed by atoms with van der Waals surface area (Å²) in [5.74, 6) is 0.826. The quantitative estimate of drug-likeness (QED) is 0.594. The molecule has 0 spiro atoms. The van der Waals surface area contributed by atoms with E-state index in [1.807, 2.05) is 19.1 Å². The SMILES string of the molecule is Cc1cc(-c2cc(NC(=O)C3CC3)ncn2)ccc1O[C@H]1CCN(C(=O)c2cnco2)C[C@H]1F. The summed E-state index contributed by atoms with van der Waals surface area (Å²) in [6, 6.07) is 7.26. The van der Waals surface area contributed by atoms with Crippen LogP contribution in [0.5, 0.6) is 5.75 Å². The summed E-state index contributed by atoms with van der Waals surface area (Å²) in [5.41, 5.74) is 2.32. The Labute approximate surface area is 195 Å². The molecule has 1 aromatic carbocycles. The summed E-state index contributed by atoms with van der Waals surface area (Å²) < 4.78 is 25.9. The number of nitrogens with one attached hydrogen (secondary N) is 1. The zero-order valence-electron chi connectivity index (χ0n) is 18.6. The Bertz CT molecular complexity index is 1200. The molecule has 9 nitrogen and oxygen atoms in total. The second-order valence-corrected chi connectivity index (χ2v) is 8.61. The van der Waals surface area contributed by atoms with Crippen LogP contribution in [0.15, 0.2) is 47.6 Å². The van der Waals surface area contributed by atoms with Crippen LogP contribution in [-0.4, -0.2) is 57.0 Å². The van der Waals surface area contributed by atoms with E-state index >= 15 is 0 Å². The molecule has 176 valence electrons. The number of nitrogens with zero attached hydrogens (tertiary/aromatic N) is 4. The largest absolute Gasteiger partial charge is 0.487 e. The van der Waals surface area contributed by atoms with Gasteiger partial charge in [-0.3, -0.25) is 9.59 Å². The zero-order chi connectivity index (χ0) is 23.7. The minimum atomic E-state index is -1.33. The number of likely N-dealkylation sites (tertiary alicyclic amines) is 1. The van der Waals surface area contributed by atoms with Crippen molar-refractivity contribution in [2.75, 3.05) is 18.4 Å². The first-order valence-electron chi connectivity index (χ1n) is 11.2. The number of halogens is 1. The first kappa shape index (κ1) is 22.0. The molecule has 1 saturated heterocycles. The van der Waals surface area contributed by atoms with Crippen molar-refractivity contribution in [1.82, 2.24) is 19.9 Å². The van der Waals surface area contributed by atoms with Crippen molar-refractivity contribution in [2.45, 2.75) is 38.5 Å². The van der Waals surface area contributed by atoms with Crippen molar-refractivity contribution in [2.24, 2.45) is 5.92 Å². The Hall–Kier alpha value is -3.82. The van der Waals surface area contributed by atoms with Gasteiger partial charge < -0.3 is 19.4 Å². The van der Waals surface area contributed by atoms with E-state index in [0.29, 0.717) is 30.2 Å². The smallest absolute Gasteiger partial charge is 0.291 e. The third kappa shape index (κ3) is 4.75. The van der Waals surface area contributed by atoms with Crippen LogP contribution in [0.4, 0.5) is 10.2 Å². The number of amides is 2. The molecule has 0 unspecified atom stereocenters. The molecule has 2 amide bonds. The summed E-state index contributed by atoms with van der Waals surface area (Å²) in [5, 5.41) is 2.83. The van der Waals surface area contributed by atoms with E-state index in [2.05, 4.69) is 20.3 Å². The number of aromatic nitrogens is 3. The van der Waals surface area contributed by atoms with Gasteiger partial charge in [-0.15, -0.1) is 0 Å². The normalized spacial score (nSPS) is 20.1. The highest BCUT2D eigenvalue weighted by atomic mass is 19.1. The highest BCUT2D eigenvalue weighted by Gasteiger charge is 2.34. The van der Waals surface area contributed by atoms with Crippen LogP contribution in [0.2, 0.25) is 0 Å². The standard InChI is InChI=1S/C24H24FN5O4/c1-14-8-16(18-9-22(28-12-27-18)29-23(31)15-2-3-15)4-5-19(14)34-20-6-7-30(11-17(20)25)24(32)21-10-26-13-33-21/h4-5,8-10,12-13,15,17,20H,2-3,6-7,11H2,1H3,(H,27,28,29,31)/t17-,20+/m1/s1. The molecule has 5 rings (SSSR count). The number of carbonyl (C=O) groups is 2. The van der Waals surface area contributed by atoms with Crippen LogP contribution in [0, 0.1) is 12.8 Å². The van der Waals surface area contributed by atoms with E-state index in [-0.39, 0.29) is 30.0 Å². The molecule has 0 radical (unpaired) electrons. The van der Waals surface area contributed by atoms with Gasteiger partial charge in [-0.25, -0.2) is 19.3 Å². The van der Waals surface area contributed by atoms with Gasteiger partial charge >= 0.3 is 0 Å². The Morgan fingerprint density at radius 3 is 2.76 bits per heavy atom. The van der Waals surface area contributed by atoms with Crippen molar-refractivity contribution in [1.29, 1.82) is 0 Å². The molecule has 10 heteroatoms. The van der Waals surface area contributed by atoms with Crippen LogP contribution in [0.25, 0.3) is 11.3 Å². The van der Waals surface area contributed by atoms with E-state index < -0.39 is 12.3 Å². The van der Waals surface area contributed by atoms with Gasteiger partial charge in [0.25, 0.3) is 5.91 Å². The molecule has 2 aliphatic rings. The summed E-state index contributed by atoms with van der Waals surface area (Å²) in [7, 11) is 0. The van der Waals surface area contributed by atoms with E-state index in [1.165, 1.54) is 23.8 Å². The second-order valence-electron chi connectivity index (χ2n) is 8.61. The molecule has 2 fully saturated rings. The summed E-state index contributed by atoms with van der Waals surface area (Å²) in [6.45, 7) is 2.17. The highest BCUT2D eigenvalue weighted by molar-refractivity contribution is 5.93. The molecule has 0 bridgehead atoms. The third-order valence-electron chi connectivity index (χ3n) is 6.03. The molecule has 1 N–H and O–H groups in total. The van der Waals surface area contributed by atoms with E-state index in [1.54, 1.807) is 12.1 Å². The first-order valence-corrected chi connectivity index (χ1v) is 11.2. The van der Waals surface area contributed by atoms with Gasteiger partial charge in [-0.2, -0.15) is 0 Å². The predicted molar refractivity (Wildman–Crippen MR) is 120 cm³/mol. The highest BCUT2D eigenvalue weighted by Crippen LogP contribution is 2.31. The number of alkyl halides is 1. The fourth-order valence-corrected chi connectivity index (χ4v) is 3.94. The number of carbonyl (C=O) groups excluding carboxylic acids is 2. The van der Waals surface area contributed by atoms with Crippen molar-refractivity contribution in [3.05, 3.63) is 54.5 Å². The second kappa shape index (κ2) is 9.20. The van der Waals surface area contributed by atoms with Crippen molar-refractivity contribution >= 4 is 17.6 Å². The molecule has 1 aliphatic carbocycles. The van der Waals surface area contributed by atoms with Crippen molar-refractivity contribution in [3.8, 4) is 17.0 Å². The maximum absolute atomic E-state index is 14.9. The van der Waals surface area contributed by atoms with Gasteiger partial charge in [0.15, 0.2) is 12.6 Å². The number of piperidine rings is 1. The molecule has 2 aromatic heterocycles. The van der Waals surface area contributed by atoms with Crippen molar-refractivity contribution < 1.29 is 23.1 Å². The fraction of sp³-hybridized carbons (Fsp3) is 0.375. The van der Waals surface area contributed by atoms with E-state index in [9.17, 15) is 14.0 Å². The lowest BCUT2D eigenvalue weighted by atomic mass is 10.0. The van der Waals surface area contributed by atoms with Gasteiger partial charge in [0, 0.05) is 30.5 Å². The van der Waals surface area contributed by atoms with Gasteiger partial charge in [0.1, 0.15) is 24.0 Å². The van der Waals surface area contributed by atoms with Crippen LogP contribution in [-0.2, 0) is 4.79 Å². The Kier molecular flexibility index (Phi) is 5.95. The fourth-order valence-electron chi connectivity index (χ4n) is 3.94. The van der Waals surface area contributed by atoms with Gasteiger partial charge in [0.2, 0.25) is 11.7 Å². The lowest BCUT2D eigenvalue weighted by Gasteiger charge is -2.34. The summed E-state index contributed by atoms with van der Waals surface area (Å²) in [6.07, 6.45) is 4.12. The predicted octanol–water partition coefficient (Wildman–Crippen LogP) is 3.42. The minimum Gasteiger partial charge on any atom is -0.487 e. The zero-order valence-corrected chi connectivity index (χ0v) is 18.6. The van der Waals surface area contributed by atoms with Crippen LogP contribution < -0.4 is 10.1 Å². The number of oxazole rings is 1. The van der Waals surface area contributed by atoms with Crippen LogP contribution in [0.1, 0.15) is 35.4 Å². The van der Waals surface area contributed by atoms with Gasteiger partial charge in [-0.05, 0) is 43.5 Å². The Morgan fingerprint density at radius 2 is 2.06 bits per heavy atom. The average molecular weight is 465 g/mol. The molecular formula is C24H24FN5O4. The number of hydrogen-bond donors (Lipinski definition) is 1. The lowest BCUT2D eigenvalue weighted by molar-refractivity contribution is -0.117. The van der Waals surface area contributed by atoms with Crippen molar-refractivity contribution in [3.63, 3.8) is 0 Å².